The highest BCUT2D eigenvalue weighted by Gasteiger charge is 2.13. The number of rotatable bonds is 6. The normalized spacial score (nSPS) is 11.7. The molecule has 0 aliphatic rings. The van der Waals surface area contributed by atoms with Gasteiger partial charge in [-0.3, -0.25) is 0 Å². The van der Waals surface area contributed by atoms with Crippen LogP contribution in [0.3, 0.4) is 0 Å². The van der Waals surface area contributed by atoms with Gasteiger partial charge in [-0.05, 0) is 6.04 Å². The van der Waals surface area contributed by atoms with Gasteiger partial charge in [0.1, 0.15) is 6.73 Å². The molecule has 1 heterocycles. The summed E-state index contributed by atoms with van der Waals surface area (Å²) in [6.45, 7) is 7.75. The summed E-state index contributed by atoms with van der Waals surface area (Å²) in [5.41, 5.74) is 0. The highest BCUT2D eigenvalue weighted by atomic mass is 28.3. The van der Waals surface area contributed by atoms with Crippen molar-refractivity contribution in [3.63, 3.8) is 0 Å². The lowest BCUT2D eigenvalue weighted by Crippen LogP contribution is -2.22. The molecule has 0 fully saturated rings. The number of hydrogen-bond donors (Lipinski definition) is 1. The Morgan fingerprint density at radius 2 is 2.25 bits per heavy atom. The first-order valence-corrected chi connectivity index (χ1v) is 8.93. The second kappa shape index (κ2) is 5.27. The van der Waals surface area contributed by atoms with E-state index in [9.17, 15) is 4.79 Å². The lowest BCUT2D eigenvalue weighted by molar-refractivity contribution is 0.0613. The Hall–Kier alpha value is -1.14. The Balaban J connectivity index is 2.38. The Bertz CT molecular complexity index is 357. The van der Waals surface area contributed by atoms with E-state index in [1.54, 1.807) is 6.20 Å². The van der Waals surface area contributed by atoms with Crippen molar-refractivity contribution in [1.82, 2.24) is 9.55 Å². The molecule has 0 aliphatic carbocycles. The van der Waals surface area contributed by atoms with Gasteiger partial charge < -0.3 is 14.4 Å². The van der Waals surface area contributed by atoms with Gasteiger partial charge in [-0.15, -0.1) is 0 Å². The van der Waals surface area contributed by atoms with Gasteiger partial charge in [0.05, 0.1) is 0 Å². The molecule has 16 heavy (non-hydrogen) atoms. The van der Waals surface area contributed by atoms with Gasteiger partial charge >= 0.3 is 5.97 Å². The fourth-order valence-corrected chi connectivity index (χ4v) is 1.91. The molecular weight excluding hydrogens is 224 g/mol. The molecule has 0 saturated heterocycles. The quantitative estimate of drug-likeness (QED) is 0.611. The van der Waals surface area contributed by atoms with E-state index >= 15 is 0 Å². The predicted molar refractivity (Wildman–Crippen MR) is 63.3 cm³/mol. The number of carbonyl (C=O) groups is 1. The van der Waals surface area contributed by atoms with E-state index in [0.29, 0.717) is 6.61 Å². The average Bonchev–Trinajstić information content (AvgIpc) is 2.58. The fourth-order valence-electron chi connectivity index (χ4n) is 1.15. The van der Waals surface area contributed by atoms with Gasteiger partial charge in [0.25, 0.3) is 0 Å². The Morgan fingerprint density at radius 1 is 1.56 bits per heavy atom. The minimum atomic E-state index is -1.08. The molecule has 0 aliphatic heterocycles. The molecule has 0 saturated carbocycles. The smallest absolute Gasteiger partial charge is 0.372 e. The first-order valence-electron chi connectivity index (χ1n) is 5.22. The molecule has 0 bridgehead atoms. The van der Waals surface area contributed by atoms with Gasteiger partial charge in [-0.25, -0.2) is 9.78 Å². The second-order valence-corrected chi connectivity index (χ2v) is 10.5. The van der Waals surface area contributed by atoms with Crippen molar-refractivity contribution in [3.8, 4) is 0 Å². The number of ether oxygens (including phenoxy) is 1. The molecule has 0 spiro atoms. The van der Waals surface area contributed by atoms with Crippen molar-refractivity contribution in [2.24, 2.45) is 0 Å². The SMILES string of the molecule is C[Si](C)(C)CCOCn1ccnc1C(=O)O. The van der Waals surface area contributed by atoms with E-state index in [1.807, 2.05) is 0 Å². The van der Waals surface area contributed by atoms with E-state index < -0.39 is 14.0 Å². The minimum absolute atomic E-state index is 0.0213. The van der Waals surface area contributed by atoms with Crippen molar-refractivity contribution < 1.29 is 14.6 Å². The van der Waals surface area contributed by atoms with Crippen molar-refractivity contribution in [3.05, 3.63) is 18.2 Å². The summed E-state index contributed by atoms with van der Waals surface area (Å²) in [5.74, 6) is -1.01. The molecule has 0 aromatic carbocycles. The van der Waals surface area contributed by atoms with E-state index in [0.717, 1.165) is 6.04 Å². The number of aromatic nitrogens is 2. The third-order valence-corrected chi connectivity index (χ3v) is 3.84. The van der Waals surface area contributed by atoms with Crippen LogP contribution in [-0.2, 0) is 11.5 Å². The molecule has 6 heteroatoms. The summed E-state index contributed by atoms with van der Waals surface area (Å²) in [4.78, 5) is 14.5. The third kappa shape index (κ3) is 4.16. The maximum absolute atomic E-state index is 10.7. The number of nitrogens with zero attached hydrogens (tertiary/aromatic N) is 2. The number of carboxylic acid groups (broad SMARTS) is 1. The summed E-state index contributed by atoms with van der Waals surface area (Å²) in [7, 11) is -1.08. The molecule has 1 aromatic heterocycles. The fraction of sp³-hybridized carbons (Fsp3) is 0.600. The first kappa shape index (κ1) is 12.9. The van der Waals surface area contributed by atoms with E-state index in [-0.39, 0.29) is 12.6 Å². The molecule has 0 radical (unpaired) electrons. The molecule has 1 N–H and O–H groups in total. The zero-order chi connectivity index (χ0) is 12.2. The zero-order valence-electron chi connectivity index (χ0n) is 9.93. The van der Waals surface area contributed by atoms with Crippen molar-refractivity contribution in [2.45, 2.75) is 32.4 Å². The number of aromatic carboxylic acids is 1. The summed E-state index contributed by atoms with van der Waals surface area (Å²) >= 11 is 0. The molecule has 1 rings (SSSR count). The van der Waals surface area contributed by atoms with Crippen molar-refractivity contribution >= 4 is 14.0 Å². The molecular formula is C10H18N2O3Si. The van der Waals surface area contributed by atoms with Crippen molar-refractivity contribution in [1.29, 1.82) is 0 Å². The lowest BCUT2D eigenvalue weighted by atomic mass is 10.6. The van der Waals surface area contributed by atoms with Crippen LogP contribution >= 0.6 is 0 Å². The molecule has 1 aromatic rings. The van der Waals surface area contributed by atoms with Crippen LogP contribution in [0.5, 0.6) is 0 Å². The second-order valence-electron chi connectivity index (χ2n) is 4.87. The molecule has 0 unspecified atom stereocenters. The molecule has 0 amide bonds. The van der Waals surface area contributed by atoms with Gasteiger partial charge in [-0.1, -0.05) is 19.6 Å². The monoisotopic (exact) mass is 242 g/mol. The number of hydrogen-bond acceptors (Lipinski definition) is 3. The maximum atomic E-state index is 10.7. The molecule has 5 nitrogen and oxygen atoms in total. The van der Waals surface area contributed by atoms with Gasteiger partial charge in [0, 0.05) is 27.1 Å². The lowest BCUT2D eigenvalue weighted by Gasteiger charge is -2.15. The average molecular weight is 242 g/mol. The minimum Gasteiger partial charge on any atom is -0.475 e. The highest BCUT2D eigenvalue weighted by Crippen LogP contribution is 2.08. The van der Waals surface area contributed by atoms with Gasteiger partial charge in [0.2, 0.25) is 5.82 Å². The Labute approximate surface area is 96.1 Å². The maximum Gasteiger partial charge on any atom is 0.372 e. The van der Waals surface area contributed by atoms with Crippen LogP contribution in [0.25, 0.3) is 0 Å². The van der Waals surface area contributed by atoms with Crippen LogP contribution in [-0.4, -0.2) is 35.3 Å². The van der Waals surface area contributed by atoms with Crippen LogP contribution < -0.4 is 0 Å². The summed E-state index contributed by atoms with van der Waals surface area (Å²) < 4.78 is 6.93. The third-order valence-electron chi connectivity index (χ3n) is 2.13. The molecule has 0 atom stereocenters. The van der Waals surface area contributed by atoms with Crippen LogP contribution in [0.2, 0.25) is 25.7 Å². The Kier molecular flexibility index (Phi) is 4.25. The topological polar surface area (TPSA) is 64.4 Å². The standard InChI is InChI=1S/C10H18N2O3Si/c1-16(2,3)7-6-15-8-12-5-4-11-9(12)10(13)14/h4-5H,6-8H2,1-3H3,(H,13,14). The number of carboxylic acids is 1. The van der Waals surface area contributed by atoms with Crippen LogP contribution in [0, 0.1) is 0 Å². The molecule has 90 valence electrons. The van der Waals surface area contributed by atoms with Crippen LogP contribution in [0.1, 0.15) is 10.6 Å². The highest BCUT2D eigenvalue weighted by molar-refractivity contribution is 6.76. The number of imidazole rings is 1. The summed E-state index contributed by atoms with van der Waals surface area (Å²) in [6, 6.07) is 1.07. The van der Waals surface area contributed by atoms with Gasteiger partial charge in [0.15, 0.2) is 0 Å². The van der Waals surface area contributed by atoms with Crippen molar-refractivity contribution in [2.75, 3.05) is 6.61 Å². The van der Waals surface area contributed by atoms with E-state index in [1.165, 1.54) is 10.8 Å². The van der Waals surface area contributed by atoms with Crippen LogP contribution in [0.4, 0.5) is 0 Å². The summed E-state index contributed by atoms with van der Waals surface area (Å²) in [5, 5.41) is 8.81. The Morgan fingerprint density at radius 3 is 2.81 bits per heavy atom. The van der Waals surface area contributed by atoms with Crippen LogP contribution in [0.15, 0.2) is 12.4 Å². The zero-order valence-corrected chi connectivity index (χ0v) is 10.9. The predicted octanol–water partition coefficient (Wildman–Crippen LogP) is 1.89. The first-order chi connectivity index (χ1) is 7.40. The largest absolute Gasteiger partial charge is 0.475 e. The van der Waals surface area contributed by atoms with E-state index in [4.69, 9.17) is 9.84 Å². The van der Waals surface area contributed by atoms with E-state index in [2.05, 4.69) is 24.6 Å². The summed E-state index contributed by atoms with van der Waals surface area (Å²) in [6.07, 6.45) is 3.07. The van der Waals surface area contributed by atoms with Gasteiger partial charge in [-0.2, -0.15) is 0 Å².